The molecule has 1 atom stereocenters. The Balaban J connectivity index is 1.79. The second kappa shape index (κ2) is 5.67. The van der Waals surface area contributed by atoms with E-state index < -0.39 is 9.84 Å². The van der Waals surface area contributed by atoms with E-state index >= 15 is 0 Å². The van der Waals surface area contributed by atoms with Gasteiger partial charge in [0.05, 0.1) is 11.5 Å². The highest BCUT2D eigenvalue weighted by Crippen LogP contribution is 2.26. The summed E-state index contributed by atoms with van der Waals surface area (Å²) in [4.78, 5) is 15.7. The van der Waals surface area contributed by atoms with E-state index in [1.54, 1.807) is 0 Å². The van der Waals surface area contributed by atoms with E-state index in [-0.39, 0.29) is 23.3 Å². The molecule has 23 heavy (non-hydrogen) atoms. The number of H-pyrrole nitrogens is 1. The first-order valence-corrected chi connectivity index (χ1v) is 9.67. The number of sulfone groups is 1. The maximum atomic E-state index is 12.5. The standard InChI is InChI=1S/C17H22N2O3S/c1-10-6-11(2)15-14(7-10)12(3)16(19-15)17(20)18-8-13-4-5-23(21,22)9-13/h6-7,13,19H,4-5,8-9H2,1-3H3,(H,18,20)/t13-/m1/s1. The van der Waals surface area contributed by atoms with Crippen molar-refractivity contribution in [2.45, 2.75) is 27.2 Å². The smallest absolute Gasteiger partial charge is 0.268 e. The zero-order valence-corrected chi connectivity index (χ0v) is 14.5. The summed E-state index contributed by atoms with van der Waals surface area (Å²) in [7, 11) is -2.91. The lowest BCUT2D eigenvalue weighted by molar-refractivity contribution is 0.0943. The van der Waals surface area contributed by atoms with E-state index in [1.165, 1.54) is 5.56 Å². The fourth-order valence-electron chi connectivity index (χ4n) is 3.37. The predicted molar refractivity (Wildman–Crippen MR) is 91.6 cm³/mol. The summed E-state index contributed by atoms with van der Waals surface area (Å²) in [5.41, 5.74) is 4.77. The lowest BCUT2D eigenvalue weighted by atomic mass is 10.1. The Kier molecular flexibility index (Phi) is 3.96. The molecule has 0 bridgehead atoms. The first kappa shape index (κ1) is 16.1. The monoisotopic (exact) mass is 334 g/mol. The summed E-state index contributed by atoms with van der Waals surface area (Å²) in [6.45, 7) is 6.41. The van der Waals surface area contributed by atoms with Crippen LogP contribution in [0.5, 0.6) is 0 Å². The van der Waals surface area contributed by atoms with Gasteiger partial charge in [-0.25, -0.2) is 8.42 Å². The van der Waals surface area contributed by atoms with E-state index in [4.69, 9.17) is 0 Å². The van der Waals surface area contributed by atoms with Crippen LogP contribution in [-0.2, 0) is 9.84 Å². The maximum Gasteiger partial charge on any atom is 0.268 e. The molecule has 1 fully saturated rings. The number of hydrogen-bond acceptors (Lipinski definition) is 3. The van der Waals surface area contributed by atoms with Crippen molar-refractivity contribution in [3.63, 3.8) is 0 Å². The molecule has 1 amide bonds. The third-order valence-electron chi connectivity index (χ3n) is 4.61. The Morgan fingerprint density at radius 1 is 1.30 bits per heavy atom. The van der Waals surface area contributed by atoms with Crippen molar-refractivity contribution >= 4 is 26.6 Å². The molecule has 1 aliphatic heterocycles. The van der Waals surface area contributed by atoms with Crippen LogP contribution >= 0.6 is 0 Å². The van der Waals surface area contributed by atoms with Crippen molar-refractivity contribution in [1.29, 1.82) is 0 Å². The number of aryl methyl sites for hydroxylation is 3. The zero-order valence-electron chi connectivity index (χ0n) is 13.7. The Labute approximate surface area is 136 Å². The molecule has 2 N–H and O–H groups in total. The van der Waals surface area contributed by atoms with Crippen molar-refractivity contribution in [2.75, 3.05) is 18.1 Å². The van der Waals surface area contributed by atoms with Gasteiger partial charge in [0.2, 0.25) is 0 Å². The average molecular weight is 334 g/mol. The SMILES string of the molecule is Cc1cc(C)c2[nH]c(C(=O)NC[C@H]3CCS(=O)(=O)C3)c(C)c2c1. The summed E-state index contributed by atoms with van der Waals surface area (Å²) < 4.78 is 23.0. The van der Waals surface area contributed by atoms with E-state index in [2.05, 4.69) is 22.4 Å². The number of rotatable bonds is 3. The van der Waals surface area contributed by atoms with Gasteiger partial charge in [-0.1, -0.05) is 11.6 Å². The van der Waals surface area contributed by atoms with Crippen LogP contribution < -0.4 is 5.32 Å². The minimum Gasteiger partial charge on any atom is -0.350 e. The number of hydrogen-bond donors (Lipinski definition) is 2. The molecule has 1 aliphatic rings. The second-order valence-electron chi connectivity index (χ2n) is 6.61. The third-order valence-corrected chi connectivity index (χ3v) is 6.45. The molecule has 6 heteroatoms. The normalized spacial score (nSPS) is 20.0. The van der Waals surface area contributed by atoms with Crippen LogP contribution in [0.25, 0.3) is 10.9 Å². The first-order valence-electron chi connectivity index (χ1n) is 7.85. The molecule has 2 heterocycles. The van der Waals surface area contributed by atoms with E-state index in [1.807, 2.05) is 20.8 Å². The lowest BCUT2D eigenvalue weighted by Gasteiger charge is -2.09. The van der Waals surface area contributed by atoms with Gasteiger partial charge in [-0.05, 0) is 50.3 Å². The quantitative estimate of drug-likeness (QED) is 0.903. The number of amides is 1. The largest absolute Gasteiger partial charge is 0.350 e. The highest BCUT2D eigenvalue weighted by Gasteiger charge is 2.28. The molecule has 0 saturated carbocycles. The third kappa shape index (κ3) is 3.13. The summed E-state index contributed by atoms with van der Waals surface area (Å²) in [6, 6.07) is 4.16. The zero-order chi connectivity index (χ0) is 16.8. The van der Waals surface area contributed by atoms with Gasteiger partial charge in [0, 0.05) is 17.4 Å². The van der Waals surface area contributed by atoms with Gasteiger partial charge in [-0.2, -0.15) is 0 Å². The molecule has 1 aromatic heterocycles. The van der Waals surface area contributed by atoms with E-state index in [0.717, 1.165) is 22.0 Å². The summed E-state index contributed by atoms with van der Waals surface area (Å²) in [6.07, 6.45) is 0.632. The summed E-state index contributed by atoms with van der Waals surface area (Å²) in [5, 5.41) is 3.95. The van der Waals surface area contributed by atoms with Crippen LogP contribution in [0, 0.1) is 26.7 Å². The molecule has 0 aliphatic carbocycles. The molecular weight excluding hydrogens is 312 g/mol. The number of carbonyl (C=O) groups excluding carboxylic acids is 1. The summed E-state index contributed by atoms with van der Waals surface area (Å²) in [5.74, 6) is 0.270. The second-order valence-corrected chi connectivity index (χ2v) is 8.84. The molecule has 124 valence electrons. The van der Waals surface area contributed by atoms with E-state index in [0.29, 0.717) is 18.7 Å². The van der Waals surface area contributed by atoms with Crippen LogP contribution in [0.1, 0.15) is 33.6 Å². The van der Waals surface area contributed by atoms with Gasteiger partial charge in [0.25, 0.3) is 5.91 Å². The Morgan fingerprint density at radius 2 is 2.04 bits per heavy atom. The minimum atomic E-state index is -2.91. The number of carbonyl (C=O) groups is 1. The van der Waals surface area contributed by atoms with Crippen molar-refractivity contribution in [3.8, 4) is 0 Å². The molecule has 0 spiro atoms. The van der Waals surface area contributed by atoms with Gasteiger partial charge in [-0.15, -0.1) is 0 Å². The van der Waals surface area contributed by atoms with Gasteiger partial charge < -0.3 is 10.3 Å². The van der Waals surface area contributed by atoms with Crippen molar-refractivity contribution in [2.24, 2.45) is 5.92 Å². The lowest BCUT2D eigenvalue weighted by Crippen LogP contribution is -2.30. The molecule has 2 aromatic rings. The van der Waals surface area contributed by atoms with Crippen LogP contribution in [0.3, 0.4) is 0 Å². The number of benzene rings is 1. The maximum absolute atomic E-state index is 12.5. The highest BCUT2D eigenvalue weighted by molar-refractivity contribution is 7.91. The van der Waals surface area contributed by atoms with Gasteiger partial charge in [0.15, 0.2) is 9.84 Å². The fraction of sp³-hybridized carbons (Fsp3) is 0.471. The van der Waals surface area contributed by atoms with Crippen LogP contribution in [0.2, 0.25) is 0 Å². The van der Waals surface area contributed by atoms with Crippen LogP contribution in [0.15, 0.2) is 12.1 Å². The van der Waals surface area contributed by atoms with Crippen molar-refractivity contribution in [1.82, 2.24) is 10.3 Å². The molecule has 1 aromatic carbocycles. The molecule has 1 saturated heterocycles. The van der Waals surface area contributed by atoms with E-state index in [9.17, 15) is 13.2 Å². The van der Waals surface area contributed by atoms with Gasteiger partial charge in [0.1, 0.15) is 5.69 Å². The minimum absolute atomic E-state index is 0.0256. The number of aromatic amines is 1. The topological polar surface area (TPSA) is 79.0 Å². The van der Waals surface area contributed by atoms with Crippen LogP contribution in [0.4, 0.5) is 0 Å². The number of nitrogens with one attached hydrogen (secondary N) is 2. The fourth-order valence-corrected chi connectivity index (χ4v) is 5.23. The molecule has 3 rings (SSSR count). The Bertz CT molecular complexity index is 881. The number of fused-ring (bicyclic) bond motifs is 1. The summed E-state index contributed by atoms with van der Waals surface area (Å²) >= 11 is 0. The Hall–Kier alpha value is -1.82. The Morgan fingerprint density at radius 3 is 2.70 bits per heavy atom. The highest BCUT2D eigenvalue weighted by atomic mass is 32.2. The first-order chi connectivity index (χ1) is 10.8. The number of aromatic nitrogens is 1. The molecular formula is C17H22N2O3S. The average Bonchev–Trinajstić information content (AvgIpc) is 2.97. The molecule has 0 radical (unpaired) electrons. The van der Waals surface area contributed by atoms with Gasteiger partial charge in [-0.3, -0.25) is 4.79 Å². The van der Waals surface area contributed by atoms with Crippen LogP contribution in [-0.4, -0.2) is 37.4 Å². The van der Waals surface area contributed by atoms with Crippen molar-refractivity contribution < 1.29 is 13.2 Å². The predicted octanol–water partition coefficient (Wildman–Crippen LogP) is 2.26. The molecule has 0 unspecified atom stereocenters. The molecule has 5 nitrogen and oxygen atoms in total. The van der Waals surface area contributed by atoms with Gasteiger partial charge >= 0.3 is 0 Å². The van der Waals surface area contributed by atoms with Crippen molar-refractivity contribution in [3.05, 3.63) is 34.5 Å².